The average Bonchev–Trinajstić information content (AvgIpc) is 2.45. The van der Waals surface area contributed by atoms with Gasteiger partial charge in [0.2, 0.25) is 5.91 Å². The topological polar surface area (TPSA) is 96.2 Å². The summed E-state index contributed by atoms with van der Waals surface area (Å²) < 4.78 is 13.2. The van der Waals surface area contributed by atoms with Crippen LogP contribution in [0.1, 0.15) is 37.7 Å². The molecule has 1 heterocycles. The summed E-state index contributed by atoms with van der Waals surface area (Å²) in [6.45, 7) is 1.64. The maximum absolute atomic E-state index is 13.2. The van der Waals surface area contributed by atoms with Gasteiger partial charge in [-0.2, -0.15) is 0 Å². The second-order valence-corrected chi connectivity index (χ2v) is 6.27. The molecule has 122 valence electrons. The molecule has 1 aliphatic heterocycles. The minimum atomic E-state index is -0.816. The van der Waals surface area contributed by atoms with Crippen molar-refractivity contribution in [2.24, 2.45) is 11.5 Å². The first kappa shape index (κ1) is 15.7. The number of rotatable bonds is 3. The normalized spacial score (nSPS) is 25.5. The molecule has 1 unspecified atom stereocenters. The maximum atomic E-state index is 13.2. The highest BCUT2D eigenvalue weighted by Gasteiger charge is 2.44. The second-order valence-electron chi connectivity index (χ2n) is 6.27. The van der Waals surface area contributed by atoms with Crippen molar-refractivity contribution >= 4 is 11.6 Å². The maximum Gasteiger partial charge on any atom is 0.246 e. The van der Waals surface area contributed by atoms with Crippen LogP contribution in [-0.2, 0) is 4.79 Å². The van der Waals surface area contributed by atoms with Crippen LogP contribution in [0, 0.1) is 11.2 Å². The van der Waals surface area contributed by atoms with Crippen molar-refractivity contribution in [3.8, 4) is 0 Å². The number of carbonyl (C=O) groups is 1. The molecule has 3 rings (SSSR count). The number of carbonyl (C=O) groups excluding carboxylic acids is 1. The van der Waals surface area contributed by atoms with Crippen LogP contribution >= 0.6 is 0 Å². The zero-order valence-electron chi connectivity index (χ0n) is 13.1. The number of nitrogens with zero attached hydrogens (tertiary/aromatic N) is 1. The fourth-order valence-corrected chi connectivity index (χ4v) is 3.38. The van der Waals surface area contributed by atoms with Gasteiger partial charge in [0.1, 0.15) is 11.6 Å². The van der Waals surface area contributed by atoms with Gasteiger partial charge in [-0.25, -0.2) is 4.39 Å². The summed E-state index contributed by atoms with van der Waals surface area (Å²) in [7, 11) is 0. The number of hydrogen-bond donors (Lipinski definition) is 3. The molecule has 1 fully saturated rings. The standard InChI is InChI=1S/C17H21FN4O/c1-9(19)13-14(10-5-7-11(18)8-6-10)15(20)17(23)22(16(13)21)12-3-2-4-12/h5-8,12,14-15,19H,2-4,20-21H2,1H3/t14?,15-/m0/s1. The Balaban J connectivity index is 2.10. The number of hydrogen-bond acceptors (Lipinski definition) is 4. The van der Waals surface area contributed by atoms with Crippen LogP contribution in [-0.4, -0.2) is 28.6 Å². The molecule has 0 bridgehead atoms. The van der Waals surface area contributed by atoms with E-state index in [2.05, 4.69) is 0 Å². The van der Waals surface area contributed by atoms with E-state index in [1.165, 1.54) is 12.1 Å². The van der Waals surface area contributed by atoms with Crippen LogP contribution in [0.4, 0.5) is 4.39 Å². The Morgan fingerprint density at radius 2 is 1.91 bits per heavy atom. The molecule has 6 heteroatoms. The van der Waals surface area contributed by atoms with E-state index in [9.17, 15) is 9.18 Å². The van der Waals surface area contributed by atoms with Crippen molar-refractivity contribution in [3.63, 3.8) is 0 Å². The van der Waals surface area contributed by atoms with E-state index >= 15 is 0 Å². The Morgan fingerprint density at radius 1 is 1.30 bits per heavy atom. The molecule has 1 aromatic rings. The summed E-state index contributed by atoms with van der Waals surface area (Å²) in [6, 6.07) is 5.13. The molecule has 0 saturated heterocycles. The summed E-state index contributed by atoms with van der Waals surface area (Å²) in [4.78, 5) is 14.3. The summed E-state index contributed by atoms with van der Waals surface area (Å²) in [5.74, 6) is -0.766. The molecule has 0 aromatic heterocycles. The van der Waals surface area contributed by atoms with E-state index in [0.29, 0.717) is 17.0 Å². The van der Waals surface area contributed by atoms with Gasteiger partial charge in [0.05, 0.1) is 6.04 Å². The number of benzene rings is 1. The predicted octanol–water partition coefficient (Wildman–Crippen LogP) is 1.84. The zero-order valence-corrected chi connectivity index (χ0v) is 13.1. The van der Waals surface area contributed by atoms with Crippen molar-refractivity contribution in [1.29, 1.82) is 5.41 Å². The largest absolute Gasteiger partial charge is 0.385 e. The number of amides is 1. The van der Waals surface area contributed by atoms with Gasteiger partial charge in [-0.05, 0) is 43.9 Å². The monoisotopic (exact) mass is 316 g/mol. The lowest BCUT2D eigenvalue weighted by atomic mass is 9.78. The van der Waals surface area contributed by atoms with Gasteiger partial charge in [0, 0.05) is 23.2 Å². The summed E-state index contributed by atoms with van der Waals surface area (Å²) >= 11 is 0. The Labute approximate surface area is 134 Å². The Bertz CT molecular complexity index is 678. The van der Waals surface area contributed by atoms with E-state index < -0.39 is 12.0 Å². The van der Waals surface area contributed by atoms with Gasteiger partial charge in [-0.1, -0.05) is 12.1 Å². The van der Waals surface area contributed by atoms with Gasteiger partial charge in [-0.15, -0.1) is 0 Å². The van der Waals surface area contributed by atoms with Gasteiger partial charge in [0.25, 0.3) is 0 Å². The van der Waals surface area contributed by atoms with Gasteiger partial charge < -0.3 is 16.9 Å². The third-order valence-corrected chi connectivity index (χ3v) is 4.80. The summed E-state index contributed by atoms with van der Waals surface area (Å²) in [5.41, 5.74) is 14.0. The molecule has 1 amide bonds. The molecule has 1 aliphatic carbocycles. The molecule has 2 aliphatic rings. The van der Waals surface area contributed by atoms with Crippen LogP contribution in [0.5, 0.6) is 0 Å². The molecule has 1 saturated carbocycles. The van der Waals surface area contributed by atoms with E-state index in [1.54, 1.807) is 24.0 Å². The van der Waals surface area contributed by atoms with Crippen LogP contribution in [0.25, 0.3) is 0 Å². The highest BCUT2D eigenvalue weighted by molar-refractivity contribution is 6.02. The third kappa shape index (κ3) is 2.53. The van der Waals surface area contributed by atoms with Gasteiger partial charge >= 0.3 is 0 Å². The number of halogens is 1. The minimum absolute atomic E-state index is 0.0806. The first-order chi connectivity index (χ1) is 10.9. The molecule has 2 atom stereocenters. The lowest BCUT2D eigenvalue weighted by Crippen LogP contribution is -2.58. The Morgan fingerprint density at radius 3 is 2.39 bits per heavy atom. The number of nitrogens with one attached hydrogen (secondary N) is 1. The van der Waals surface area contributed by atoms with E-state index in [-0.39, 0.29) is 23.5 Å². The van der Waals surface area contributed by atoms with Crippen LogP contribution in [0.3, 0.4) is 0 Å². The van der Waals surface area contributed by atoms with Gasteiger partial charge in [-0.3, -0.25) is 9.69 Å². The predicted molar refractivity (Wildman–Crippen MR) is 86.2 cm³/mol. The van der Waals surface area contributed by atoms with Crippen LogP contribution in [0.2, 0.25) is 0 Å². The smallest absolute Gasteiger partial charge is 0.246 e. The molecule has 5 N–H and O–H groups in total. The molecule has 23 heavy (non-hydrogen) atoms. The molecule has 5 nitrogen and oxygen atoms in total. The Hall–Kier alpha value is -2.21. The molecule has 0 radical (unpaired) electrons. The van der Waals surface area contributed by atoms with Crippen molar-refractivity contribution in [3.05, 3.63) is 47.0 Å². The lowest BCUT2D eigenvalue weighted by Gasteiger charge is -2.45. The molecular formula is C17H21FN4O. The van der Waals surface area contributed by atoms with Crippen LogP contribution in [0.15, 0.2) is 35.7 Å². The van der Waals surface area contributed by atoms with E-state index in [4.69, 9.17) is 16.9 Å². The van der Waals surface area contributed by atoms with Crippen molar-refractivity contribution < 1.29 is 9.18 Å². The summed E-state index contributed by atoms with van der Waals surface area (Å²) in [5, 5.41) is 8.10. The zero-order chi connectivity index (χ0) is 16.7. The molecule has 0 spiro atoms. The molecule has 1 aromatic carbocycles. The Kier molecular flexibility index (Phi) is 3.93. The van der Waals surface area contributed by atoms with Gasteiger partial charge in [0.15, 0.2) is 0 Å². The van der Waals surface area contributed by atoms with Crippen LogP contribution < -0.4 is 11.5 Å². The van der Waals surface area contributed by atoms with E-state index in [1.807, 2.05) is 0 Å². The third-order valence-electron chi connectivity index (χ3n) is 4.80. The minimum Gasteiger partial charge on any atom is -0.385 e. The van der Waals surface area contributed by atoms with Crippen molar-refractivity contribution in [2.45, 2.75) is 44.2 Å². The quantitative estimate of drug-likeness (QED) is 0.742. The first-order valence-electron chi connectivity index (χ1n) is 7.81. The summed E-state index contributed by atoms with van der Waals surface area (Å²) in [6.07, 6.45) is 2.88. The average molecular weight is 316 g/mol. The SMILES string of the molecule is CC(=N)C1=C(N)N(C2CCC2)C(=O)[C@@H](N)C1c1ccc(F)cc1. The highest BCUT2D eigenvalue weighted by atomic mass is 19.1. The molecular weight excluding hydrogens is 295 g/mol. The highest BCUT2D eigenvalue weighted by Crippen LogP contribution is 2.38. The first-order valence-corrected chi connectivity index (χ1v) is 7.81. The number of nitrogens with two attached hydrogens (primary N) is 2. The van der Waals surface area contributed by atoms with E-state index in [0.717, 1.165) is 19.3 Å². The lowest BCUT2D eigenvalue weighted by molar-refractivity contribution is -0.135. The second kappa shape index (κ2) is 5.77. The van der Waals surface area contributed by atoms with Crippen molar-refractivity contribution in [2.75, 3.05) is 0 Å². The fraction of sp³-hybridized carbons (Fsp3) is 0.412. The fourth-order valence-electron chi connectivity index (χ4n) is 3.38. The van der Waals surface area contributed by atoms with Crippen molar-refractivity contribution in [1.82, 2.24) is 4.90 Å².